The summed E-state index contributed by atoms with van der Waals surface area (Å²) in [6, 6.07) is 11.7. The molecule has 0 unspecified atom stereocenters. The number of hydrogen-bond acceptors (Lipinski definition) is 4. The fourth-order valence-electron chi connectivity index (χ4n) is 4.83. The summed E-state index contributed by atoms with van der Waals surface area (Å²) in [5, 5.41) is 10.6. The summed E-state index contributed by atoms with van der Waals surface area (Å²) < 4.78 is 17.5. The number of aromatic carboxylic acids is 1. The SMILES string of the molecule is COc1c(C)cc(-c2oc3cc(C)cc(C(=O)O)c3c2-c2cc(C)c(OC)c(C)c2)cc1C. The Balaban J connectivity index is 2.15. The summed E-state index contributed by atoms with van der Waals surface area (Å²) in [4.78, 5) is 12.2. The van der Waals surface area contributed by atoms with Crippen molar-refractivity contribution in [2.45, 2.75) is 34.6 Å². The molecule has 0 saturated carbocycles. The summed E-state index contributed by atoms with van der Waals surface area (Å²) in [6.07, 6.45) is 0. The molecule has 0 bridgehead atoms. The Morgan fingerprint density at radius 3 is 1.70 bits per heavy atom. The van der Waals surface area contributed by atoms with Crippen LogP contribution >= 0.6 is 0 Å². The number of furan rings is 1. The van der Waals surface area contributed by atoms with Crippen molar-refractivity contribution in [1.82, 2.24) is 0 Å². The number of carboxylic acid groups (broad SMARTS) is 1. The smallest absolute Gasteiger partial charge is 0.336 e. The maximum Gasteiger partial charge on any atom is 0.336 e. The Morgan fingerprint density at radius 1 is 0.758 bits per heavy atom. The normalized spacial score (nSPS) is 11.1. The molecular weight excluding hydrogens is 416 g/mol. The summed E-state index contributed by atoms with van der Waals surface area (Å²) in [6.45, 7) is 9.83. The van der Waals surface area contributed by atoms with Gasteiger partial charge in [-0.2, -0.15) is 0 Å². The lowest BCUT2D eigenvalue weighted by atomic mass is 9.92. The van der Waals surface area contributed by atoms with Gasteiger partial charge in [0, 0.05) is 16.5 Å². The molecule has 4 aromatic rings. The second-order valence-corrected chi connectivity index (χ2v) is 8.58. The van der Waals surface area contributed by atoms with Crippen molar-refractivity contribution < 1.29 is 23.8 Å². The number of rotatable bonds is 5. The van der Waals surface area contributed by atoms with Crippen LogP contribution in [0.4, 0.5) is 0 Å². The molecule has 0 spiro atoms. The van der Waals surface area contributed by atoms with Gasteiger partial charge in [-0.15, -0.1) is 0 Å². The van der Waals surface area contributed by atoms with Crippen molar-refractivity contribution in [3.63, 3.8) is 0 Å². The highest BCUT2D eigenvalue weighted by Gasteiger charge is 2.25. The third-order valence-electron chi connectivity index (χ3n) is 6.05. The first-order chi connectivity index (χ1) is 15.7. The lowest BCUT2D eigenvalue weighted by Crippen LogP contribution is -1.99. The van der Waals surface area contributed by atoms with E-state index < -0.39 is 5.97 Å². The fourth-order valence-corrected chi connectivity index (χ4v) is 4.83. The van der Waals surface area contributed by atoms with Gasteiger partial charge in [0.15, 0.2) is 0 Å². The van der Waals surface area contributed by atoms with E-state index in [1.165, 1.54) is 0 Å². The van der Waals surface area contributed by atoms with Crippen molar-refractivity contribution >= 4 is 16.9 Å². The van der Waals surface area contributed by atoms with Crippen molar-refractivity contribution in [2.75, 3.05) is 14.2 Å². The molecule has 1 N–H and O–H groups in total. The minimum atomic E-state index is -0.985. The molecule has 5 heteroatoms. The Kier molecular flexibility index (Phi) is 5.66. The standard InChI is InChI=1S/C28H28O5/c1-14-8-21(28(29)30)24-22(9-14)33-27(20-12-17(4)26(32-7)18(5)13-20)23(24)19-10-15(2)25(31-6)16(3)11-19/h8-13H,1-7H3,(H,29,30). The molecule has 0 saturated heterocycles. The molecule has 3 aromatic carbocycles. The summed E-state index contributed by atoms with van der Waals surface area (Å²) >= 11 is 0. The van der Waals surface area contributed by atoms with Gasteiger partial charge in [0.1, 0.15) is 22.8 Å². The second-order valence-electron chi connectivity index (χ2n) is 8.58. The predicted octanol–water partition coefficient (Wildman–Crippen LogP) is 7.02. The van der Waals surface area contributed by atoms with Crippen molar-refractivity contribution in [3.05, 3.63) is 69.8 Å². The third kappa shape index (κ3) is 3.74. The van der Waals surface area contributed by atoms with Crippen molar-refractivity contribution in [3.8, 4) is 33.9 Å². The van der Waals surface area contributed by atoms with Gasteiger partial charge in [0.2, 0.25) is 0 Å². The topological polar surface area (TPSA) is 68.9 Å². The van der Waals surface area contributed by atoms with Crippen LogP contribution in [-0.2, 0) is 0 Å². The van der Waals surface area contributed by atoms with Crippen LogP contribution in [0, 0.1) is 34.6 Å². The highest BCUT2D eigenvalue weighted by molar-refractivity contribution is 6.12. The lowest BCUT2D eigenvalue weighted by Gasteiger charge is -2.14. The Bertz CT molecular complexity index is 1360. The molecule has 0 atom stereocenters. The van der Waals surface area contributed by atoms with Crippen LogP contribution in [0.2, 0.25) is 0 Å². The van der Waals surface area contributed by atoms with Gasteiger partial charge in [0.05, 0.1) is 19.8 Å². The van der Waals surface area contributed by atoms with E-state index in [1.54, 1.807) is 20.3 Å². The van der Waals surface area contributed by atoms with Crippen molar-refractivity contribution in [2.24, 2.45) is 0 Å². The number of carboxylic acids is 1. The largest absolute Gasteiger partial charge is 0.496 e. The zero-order valence-corrected chi connectivity index (χ0v) is 20.0. The summed E-state index contributed by atoms with van der Waals surface area (Å²) in [5.41, 5.74) is 8.03. The third-order valence-corrected chi connectivity index (χ3v) is 6.05. The van der Waals surface area contributed by atoms with Crippen LogP contribution in [-0.4, -0.2) is 25.3 Å². The van der Waals surface area contributed by atoms with Crippen molar-refractivity contribution in [1.29, 1.82) is 0 Å². The highest BCUT2D eigenvalue weighted by Crippen LogP contribution is 2.45. The van der Waals surface area contributed by atoms with Crippen LogP contribution in [0.1, 0.15) is 38.2 Å². The highest BCUT2D eigenvalue weighted by atomic mass is 16.5. The van der Waals surface area contributed by atoms with Crippen LogP contribution in [0.15, 0.2) is 40.8 Å². The van der Waals surface area contributed by atoms with Gasteiger partial charge >= 0.3 is 5.97 Å². The van der Waals surface area contributed by atoms with Gasteiger partial charge in [0.25, 0.3) is 0 Å². The van der Waals surface area contributed by atoms with Gasteiger partial charge in [-0.1, -0.05) is 0 Å². The molecule has 0 radical (unpaired) electrons. The van der Waals surface area contributed by atoms with E-state index in [4.69, 9.17) is 13.9 Å². The van der Waals surface area contributed by atoms with E-state index in [-0.39, 0.29) is 5.56 Å². The van der Waals surface area contributed by atoms with Gasteiger partial charge in [-0.05, 0) is 104 Å². The van der Waals surface area contributed by atoms with E-state index in [0.717, 1.165) is 56.0 Å². The quantitative estimate of drug-likeness (QED) is 0.358. The molecule has 0 aliphatic rings. The monoisotopic (exact) mass is 444 g/mol. The van der Waals surface area contributed by atoms with E-state index in [0.29, 0.717) is 16.7 Å². The predicted molar refractivity (Wildman–Crippen MR) is 131 cm³/mol. The number of fused-ring (bicyclic) bond motifs is 1. The molecular formula is C28H28O5. The first-order valence-corrected chi connectivity index (χ1v) is 10.8. The molecule has 1 heterocycles. The fraction of sp³-hybridized carbons (Fsp3) is 0.250. The van der Waals surface area contributed by atoms with Crippen LogP contribution < -0.4 is 9.47 Å². The maximum absolute atomic E-state index is 12.2. The minimum Gasteiger partial charge on any atom is -0.496 e. The zero-order valence-electron chi connectivity index (χ0n) is 20.0. The minimum absolute atomic E-state index is 0.225. The van der Waals surface area contributed by atoms with E-state index in [2.05, 4.69) is 0 Å². The zero-order chi connectivity index (χ0) is 24.0. The molecule has 0 amide bonds. The number of benzene rings is 3. The van der Waals surface area contributed by atoms with E-state index in [9.17, 15) is 9.90 Å². The summed E-state index contributed by atoms with van der Waals surface area (Å²) in [5.74, 6) is 1.30. The molecule has 170 valence electrons. The molecule has 1 aromatic heterocycles. The van der Waals surface area contributed by atoms with Gasteiger partial charge < -0.3 is 19.0 Å². The molecule has 0 aliphatic carbocycles. The maximum atomic E-state index is 12.2. The lowest BCUT2D eigenvalue weighted by molar-refractivity contribution is 0.0699. The van der Waals surface area contributed by atoms with Crippen LogP contribution in [0.25, 0.3) is 33.4 Å². The molecule has 33 heavy (non-hydrogen) atoms. The van der Waals surface area contributed by atoms with Gasteiger partial charge in [-0.25, -0.2) is 4.79 Å². The first-order valence-electron chi connectivity index (χ1n) is 10.8. The molecule has 4 rings (SSSR count). The number of aryl methyl sites for hydroxylation is 5. The number of hydrogen-bond donors (Lipinski definition) is 1. The van der Waals surface area contributed by atoms with E-state index in [1.807, 2.05) is 65.0 Å². The second kappa shape index (κ2) is 8.32. The average Bonchev–Trinajstić information content (AvgIpc) is 3.11. The number of methoxy groups -OCH3 is 2. The molecule has 0 aliphatic heterocycles. The Morgan fingerprint density at radius 2 is 1.24 bits per heavy atom. The Labute approximate surface area is 193 Å². The van der Waals surface area contributed by atoms with Crippen LogP contribution in [0.3, 0.4) is 0 Å². The Hall–Kier alpha value is -3.73. The molecule has 0 fully saturated rings. The number of carbonyl (C=O) groups is 1. The van der Waals surface area contributed by atoms with E-state index >= 15 is 0 Å². The molecule has 5 nitrogen and oxygen atoms in total. The average molecular weight is 445 g/mol. The summed E-state index contributed by atoms with van der Waals surface area (Å²) in [7, 11) is 3.31. The van der Waals surface area contributed by atoms with Gasteiger partial charge in [-0.3, -0.25) is 0 Å². The van der Waals surface area contributed by atoms with Crippen LogP contribution in [0.5, 0.6) is 11.5 Å². The first kappa shape index (κ1) is 22.5. The number of ether oxygens (including phenoxy) is 2.